The van der Waals surface area contributed by atoms with Crippen LogP contribution in [0.2, 0.25) is 0 Å². The van der Waals surface area contributed by atoms with Crippen LogP contribution >= 0.6 is 0 Å². The van der Waals surface area contributed by atoms with Crippen LogP contribution in [0.4, 0.5) is 33.2 Å². The predicted molar refractivity (Wildman–Crippen MR) is 166 cm³/mol. The number of carbonyl (C=O) groups is 3. The number of ether oxygens (including phenoxy) is 3. The largest absolute Gasteiger partial charge is 0.493 e. The van der Waals surface area contributed by atoms with Gasteiger partial charge in [-0.15, -0.1) is 0 Å². The first-order chi connectivity index (χ1) is 22.2. The average molecular weight is 628 g/mol. The summed E-state index contributed by atoms with van der Waals surface area (Å²) in [6.45, 7) is 1.51. The van der Waals surface area contributed by atoms with Crippen molar-refractivity contribution >= 4 is 46.5 Å². The zero-order valence-electron chi connectivity index (χ0n) is 24.8. The number of hydrogen-bond donors (Lipinski definition) is 5. The number of aromatic nitrogens is 2. The quantitative estimate of drug-likeness (QED) is 0.213. The van der Waals surface area contributed by atoms with Crippen LogP contribution in [0, 0.1) is 5.82 Å². The van der Waals surface area contributed by atoms with E-state index in [2.05, 4.69) is 36.6 Å². The van der Waals surface area contributed by atoms with Crippen LogP contribution in [0.5, 0.6) is 17.2 Å². The Balaban J connectivity index is 1.34. The molecule has 6 aliphatic heterocycles. The van der Waals surface area contributed by atoms with Crippen LogP contribution in [-0.2, 0) is 20.8 Å². The molecule has 236 valence electrons. The Morgan fingerprint density at radius 3 is 2.50 bits per heavy atom. The lowest BCUT2D eigenvalue weighted by Gasteiger charge is -2.34. The summed E-state index contributed by atoms with van der Waals surface area (Å²) in [6, 6.07) is 17.8. The summed E-state index contributed by atoms with van der Waals surface area (Å²) in [7, 11) is 1.48. The third-order valence-corrected chi connectivity index (χ3v) is 7.40. The highest BCUT2D eigenvalue weighted by molar-refractivity contribution is 6.16. The Hall–Kier alpha value is -5.92. The highest BCUT2D eigenvalue weighted by Gasteiger charge is 2.48. The molecule has 10 rings (SSSR count). The van der Waals surface area contributed by atoms with Crippen LogP contribution in [0.3, 0.4) is 0 Å². The monoisotopic (exact) mass is 627 g/mol. The van der Waals surface area contributed by atoms with E-state index in [1.165, 1.54) is 26.2 Å². The summed E-state index contributed by atoms with van der Waals surface area (Å²) >= 11 is 0. The zero-order valence-corrected chi connectivity index (χ0v) is 24.8. The van der Waals surface area contributed by atoms with Gasteiger partial charge >= 0.3 is 0 Å². The van der Waals surface area contributed by atoms with E-state index in [-0.39, 0.29) is 42.8 Å². The Morgan fingerprint density at radius 2 is 1.72 bits per heavy atom. The number of benzene rings is 3. The molecule has 2 atom stereocenters. The van der Waals surface area contributed by atoms with E-state index in [4.69, 9.17) is 14.2 Å². The van der Waals surface area contributed by atoms with Crippen molar-refractivity contribution in [3.05, 3.63) is 84.3 Å². The topological polar surface area (TPSA) is 165 Å². The number of nitrogens with one attached hydrogen (secondary N) is 5. The van der Waals surface area contributed by atoms with Crippen LogP contribution in [0.15, 0.2) is 72.9 Å². The summed E-state index contributed by atoms with van der Waals surface area (Å²) < 4.78 is 32.0. The van der Waals surface area contributed by atoms with E-state index in [0.29, 0.717) is 22.9 Å². The number of carbonyl (C=O) groups excluding carboxylic acids is 3. The Kier molecular flexibility index (Phi) is 8.25. The van der Waals surface area contributed by atoms with Gasteiger partial charge in [-0.2, -0.15) is 4.98 Å². The van der Waals surface area contributed by atoms with Crippen LogP contribution in [0.1, 0.15) is 12.5 Å². The molecule has 4 aromatic rings. The van der Waals surface area contributed by atoms with Crippen LogP contribution < -0.4 is 40.8 Å². The van der Waals surface area contributed by atoms with Gasteiger partial charge in [0.25, 0.3) is 17.4 Å². The number of amides is 3. The Bertz CT molecular complexity index is 1810. The second-order valence-electron chi connectivity index (χ2n) is 10.7. The third-order valence-electron chi connectivity index (χ3n) is 7.40. The maximum Gasteiger partial charge on any atom is 0.278 e. The van der Waals surface area contributed by atoms with Gasteiger partial charge in [-0.25, -0.2) is 9.37 Å². The van der Waals surface area contributed by atoms with Gasteiger partial charge in [0.15, 0.2) is 23.1 Å². The van der Waals surface area contributed by atoms with Crippen molar-refractivity contribution in [1.82, 2.24) is 20.6 Å². The first kappa shape index (κ1) is 30.1. The molecule has 3 aromatic carbocycles. The maximum atomic E-state index is 14.7. The molecule has 6 aliphatic rings. The van der Waals surface area contributed by atoms with Crippen molar-refractivity contribution in [2.75, 3.05) is 36.2 Å². The van der Waals surface area contributed by atoms with Crippen LogP contribution in [0.25, 0.3) is 0 Å². The second kappa shape index (κ2) is 12.6. The van der Waals surface area contributed by atoms with Crippen molar-refractivity contribution in [2.45, 2.75) is 25.0 Å². The predicted octanol–water partition coefficient (Wildman–Crippen LogP) is 3.44. The standard InChI is InChI=1S/C32H30FN7O6/c1-32-29(42)38-22-15-19(8-10-24(22)46-32)36-27-21(33)17-35-31(40-27)37-20-9-11-25(26(16-20)44-2)45-13-12-34-28(41)23(39-30(32)43)14-18-6-4-3-5-7-18/h3-11,15-17,23H,12-14H2,1-2H3,(H,34,41)(H,38,42)(H,39,43)(H2,35,36,37,40)/t23-,32?/m0/s1. The molecule has 0 fully saturated rings. The lowest BCUT2D eigenvalue weighted by atomic mass is 9.99. The molecule has 0 radical (unpaired) electrons. The smallest absolute Gasteiger partial charge is 0.278 e. The summed E-state index contributed by atoms with van der Waals surface area (Å²) in [4.78, 5) is 48.6. The maximum absolute atomic E-state index is 14.7. The molecule has 13 nitrogen and oxygen atoms in total. The fraction of sp³-hybridized carbons (Fsp3) is 0.219. The highest BCUT2D eigenvalue weighted by Crippen LogP contribution is 2.37. The molecular weight excluding hydrogens is 597 g/mol. The molecule has 8 bridgehead atoms. The van der Waals surface area contributed by atoms with E-state index in [0.717, 1.165) is 11.8 Å². The average Bonchev–Trinajstić information content (AvgIpc) is 3.05. The molecule has 0 spiro atoms. The molecule has 7 heterocycles. The zero-order chi connectivity index (χ0) is 32.3. The minimum atomic E-state index is -2.00. The summed E-state index contributed by atoms with van der Waals surface area (Å²) in [5, 5.41) is 14.1. The summed E-state index contributed by atoms with van der Waals surface area (Å²) in [5.74, 6) is -1.78. The van der Waals surface area contributed by atoms with Gasteiger partial charge in [0.05, 0.1) is 25.5 Å². The van der Waals surface area contributed by atoms with E-state index < -0.39 is 35.2 Å². The molecular formula is C32H30FN7O6. The number of hydrogen-bond acceptors (Lipinski definition) is 10. The van der Waals surface area contributed by atoms with Gasteiger partial charge in [-0.05, 0) is 42.8 Å². The third kappa shape index (κ3) is 6.31. The van der Waals surface area contributed by atoms with Crippen LogP contribution in [-0.4, -0.2) is 59.6 Å². The van der Waals surface area contributed by atoms with Crippen molar-refractivity contribution < 1.29 is 33.0 Å². The van der Waals surface area contributed by atoms with Crippen molar-refractivity contribution in [1.29, 1.82) is 0 Å². The first-order valence-electron chi connectivity index (χ1n) is 14.4. The molecule has 0 aliphatic carbocycles. The molecule has 5 N–H and O–H groups in total. The van der Waals surface area contributed by atoms with Gasteiger partial charge in [-0.1, -0.05) is 30.3 Å². The number of rotatable bonds is 3. The number of methoxy groups -OCH3 is 1. The lowest BCUT2D eigenvalue weighted by molar-refractivity contribution is -0.148. The Labute approximate surface area is 262 Å². The molecule has 46 heavy (non-hydrogen) atoms. The highest BCUT2D eigenvalue weighted by atomic mass is 19.1. The van der Waals surface area contributed by atoms with Gasteiger partial charge in [0.2, 0.25) is 11.9 Å². The minimum Gasteiger partial charge on any atom is -0.493 e. The SMILES string of the molecule is COc1cc2ccc1OCCNC(=O)[C@H](Cc1ccccc1)NC(=O)C1(C)Oc3ccc(cc3NC1=O)Nc1nc(ncc1F)N2. The molecule has 0 saturated carbocycles. The van der Waals surface area contributed by atoms with E-state index in [1.54, 1.807) is 24.3 Å². The molecule has 0 saturated heterocycles. The molecule has 1 aromatic heterocycles. The second-order valence-corrected chi connectivity index (χ2v) is 10.7. The number of nitrogens with zero attached hydrogens (tertiary/aromatic N) is 2. The fourth-order valence-electron chi connectivity index (χ4n) is 4.91. The first-order valence-corrected chi connectivity index (χ1v) is 14.4. The van der Waals surface area contributed by atoms with Gasteiger partial charge in [0.1, 0.15) is 18.4 Å². The van der Waals surface area contributed by atoms with E-state index >= 15 is 0 Å². The van der Waals surface area contributed by atoms with E-state index in [1.807, 2.05) is 30.3 Å². The summed E-state index contributed by atoms with van der Waals surface area (Å²) in [6.07, 6.45) is 1.17. The fourth-order valence-corrected chi connectivity index (χ4v) is 4.91. The van der Waals surface area contributed by atoms with Gasteiger partial charge in [-0.3, -0.25) is 14.4 Å². The van der Waals surface area contributed by atoms with Crippen molar-refractivity contribution in [3.8, 4) is 17.2 Å². The summed E-state index contributed by atoms with van der Waals surface area (Å²) in [5.41, 5.74) is -0.0367. The van der Waals surface area contributed by atoms with E-state index in [9.17, 15) is 18.8 Å². The Morgan fingerprint density at radius 1 is 0.957 bits per heavy atom. The molecule has 3 amide bonds. The normalized spacial score (nSPS) is 19.5. The van der Waals surface area contributed by atoms with Crippen molar-refractivity contribution in [2.24, 2.45) is 0 Å². The minimum absolute atomic E-state index is 0.0822. The lowest BCUT2D eigenvalue weighted by Crippen LogP contribution is -2.62. The van der Waals surface area contributed by atoms with Crippen molar-refractivity contribution in [3.63, 3.8) is 0 Å². The number of halogens is 1. The van der Waals surface area contributed by atoms with Gasteiger partial charge < -0.3 is 40.8 Å². The molecule has 14 heteroatoms. The molecule has 1 unspecified atom stereocenters. The number of anilines is 5. The van der Waals surface area contributed by atoms with Gasteiger partial charge in [0, 0.05) is 23.9 Å².